The van der Waals surface area contributed by atoms with Gasteiger partial charge in [0, 0.05) is 9.75 Å². The predicted molar refractivity (Wildman–Crippen MR) is 92.2 cm³/mol. The van der Waals surface area contributed by atoms with Crippen LogP contribution in [0.3, 0.4) is 0 Å². The highest BCUT2D eigenvalue weighted by Gasteiger charge is 2.18. The standard InChI is InChI=1S/C19H25NS/c1-3-13-9-10-16(11-14(13)4-2)19(20)18-12-15-7-5-6-8-17(15)21-18/h9-12,19H,3-8,20H2,1-2H3. The van der Waals surface area contributed by atoms with Crippen LogP contribution in [-0.4, -0.2) is 0 Å². The molecule has 0 spiro atoms. The van der Waals surface area contributed by atoms with Crippen molar-refractivity contribution in [3.63, 3.8) is 0 Å². The fourth-order valence-electron chi connectivity index (χ4n) is 3.34. The highest BCUT2D eigenvalue weighted by Crippen LogP contribution is 2.34. The molecular formula is C19H25NS. The summed E-state index contributed by atoms with van der Waals surface area (Å²) < 4.78 is 0. The average Bonchev–Trinajstić information content (AvgIpc) is 2.97. The number of thiophene rings is 1. The van der Waals surface area contributed by atoms with Crippen molar-refractivity contribution in [1.29, 1.82) is 0 Å². The highest BCUT2D eigenvalue weighted by atomic mass is 32.1. The summed E-state index contributed by atoms with van der Waals surface area (Å²) >= 11 is 1.94. The van der Waals surface area contributed by atoms with Gasteiger partial charge < -0.3 is 5.73 Å². The molecule has 0 bridgehead atoms. The molecule has 1 aliphatic carbocycles. The van der Waals surface area contributed by atoms with Crippen molar-refractivity contribution in [1.82, 2.24) is 0 Å². The van der Waals surface area contributed by atoms with Crippen LogP contribution in [0.1, 0.15) is 64.7 Å². The molecule has 1 aliphatic rings. The van der Waals surface area contributed by atoms with E-state index < -0.39 is 0 Å². The summed E-state index contributed by atoms with van der Waals surface area (Å²) in [5, 5.41) is 0. The van der Waals surface area contributed by atoms with Crippen LogP contribution in [0.2, 0.25) is 0 Å². The van der Waals surface area contributed by atoms with Gasteiger partial charge in [0.1, 0.15) is 0 Å². The summed E-state index contributed by atoms with van der Waals surface area (Å²) in [7, 11) is 0. The molecule has 21 heavy (non-hydrogen) atoms. The van der Waals surface area contributed by atoms with Crippen LogP contribution in [-0.2, 0) is 25.7 Å². The first kappa shape index (κ1) is 14.8. The van der Waals surface area contributed by atoms with Crippen LogP contribution >= 0.6 is 11.3 Å². The predicted octanol–water partition coefficient (Wildman–Crippen LogP) is 4.80. The lowest BCUT2D eigenvalue weighted by Gasteiger charge is -2.14. The van der Waals surface area contributed by atoms with Gasteiger partial charge in [0.05, 0.1) is 6.04 Å². The number of aryl methyl sites for hydroxylation is 4. The van der Waals surface area contributed by atoms with Crippen molar-refractivity contribution >= 4 is 11.3 Å². The summed E-state index contributed by atoms with van der Waals surface area (Å²) in [4.78, 5) is 2.92. The second-order valence-electron chi connectivity index (χ2n) is 6.02. The minimum Gasteiger partial charge on any atom is -0.320 e. The molecule has 2 aromatic rings. The Morgan fingerprint density at radius 3 is 2.52 bits per heavy atom. The van der Waals surface area contributed by atoms with E-state index in [4.69, 9.17) is 5.73 Å². The fourth-order valence-corrected chi connectivity index (χ4v) is 4.63. The Kier molecular flexibility index (Phi) is 4.46. The maximum atomic E-state index is 6.55. The smallest absolute Gasteiger partial charge is 0.0646 e. The van der Waals surface area contributed by atoms with E-state index in [2.05, 4.69) is 38.1 Å². The molecule has 1 atom stereocenters. The molecule has 1 heterocycles. The van der Waals surface area contributed by atoms with Crippen molar-refractivity contribution in [3.8, 4) is 0 Å². The third-order valence-corrected chi connectivity index (χ3v) is 5.99. The van der Waals surface area contributed by atoms with Crippen molar-refractivity contribution in [3.05, 3.63) is 56.3 Å². The molecule has 0 radical (unpaired) electrons. The molecule has 0 amide bonds. The first-order valence-electron chi connectivity index (χ1n) is 8.21. The molecule has 2 N–H and O–H groups in total. The van der Waals surface area contributed by atoms with Gasteiger partial charge in [0.15, 0.2) is 0 Å². The topological polar surface area (TPSA) is 26.0 Å². The fraction of sp³-hybridized carbons (Fsp3) is 0.474. The summed E-state index contributed by atoms with van der Waals surface area (Å²) in [5.41, 5.74) is 12.3. The van der Waals surface area contributed by atoms with Crippen molar-refractivity contribution < 1.29 is 0 Å². The maximum absolute atomic E-state index is 6.55. The molecular weight excluding hydrogens is 274 g/mol. The molecule has 112 valence electrons. The molecule has 2 heteroatoms. The van der Waals surface area contributed by atoms with E-state index in [-0.39, 0.29) is 6.04 Å². The van der Waals surface area contributed by atoms with Crippen LogP contribution in [0.5, 0.6) is 0 Å². The first-order valence-corrected chi connectivity index (χ1v) is 9.03. The van der Waals surface area contributed by atoms with E-state index in [1.165, 1.54) is 47.3 Å². The molecule has 1 aromatic heterocycles. The minimum absolute atomic E-state index is 0.0387. The molecule has 1 nitrogen and oxygen atoms in total. The molecule has 0 saturated heterocycles. The van der Waals surface area contributed by atoms with Gasteiger partial charge in [0.2, 0.25) is 0 Å². The zero-order valence-electron chi connectivity index (χ0n) is 13.1. The van der Waals surface area contributed by atoms with Gasteiger partial charge in [-0.2, -0.15) is 0 Å². The lowest BCUT2D eigenvalue weighted by atomic mass is 9.95. The Hall–Kier alpha value is -1.12. The average molecular weight is 299 g/mol. The zero-order chi connectivity index (χ0) is 14.8. The van der Waals surface area contributed by atoms with Gasteiger partial charge in [0.25, 0.3) is 0 Å². The van der Waals surface area contributed by atoms with E-state index >= 15 is 0 Å². The quantitative estimate of drug-likeness (QED) is 0.862. The van der Waals surface area contributed by atoms with Gasteiger partial charge >= 0.3 is 0 Å². The lowest BCUT2D eigenvalue weighted by Crippen LogP contribution is -2.11. The third kappa shape index (κ3) is 2.93. The molecule has 0 aliphatic heterocycles. The Morgan fingerprint density at radius 1 is 1.05 bits per heavy atom. The van der Waals surface area contributed by atoms with Crippen molar-refractivity contribution in [2.24, 2.45) is 5.73 Å². The Balaban J connectivity index is 1.90. The van der Waals surface area contributed by atoms with E-state index in [0.29, 0.717) is 0 Å². The Labute approximate surface area is 132 Å². The van der Waals surface area contributed by atoms with Crippen LogP contribution in [0.25, 0.3) is 0 Å². The second kappa shape index (κ2) is 6.33. The molecule has 0 saturated carbocycles. The number of fused-ring (bicyclic) bond motifs is 1. The monoisotopic (exact) mass is 299 g/mol. The summed E-state index contributed by atoms with van der Waals surface area (Å²) in [6.45, 7) is 4.45. The lowest BCUT2D eigenvalue weighted by molar-refractivity contribution is 0.696. The van der Waals surface area contributed by atoms with E-state index in [0.717, 1.165) is 12.8 Å². The van der Waals surface area contributed by atoms with Crippen LogP contribution < -0.4 is 5.73 Å². The molecule has 1 unspecified atom stereocenters. The van der Waals surface area contributed by atoms with E-state index in [1.807, 2.05) is 11.3 Å². The second-order valence-corrected chi connectivity index (χ2v) is 7.19. The van der Waals surface area contributed by atoms with Gasteiger partial charge in [-0.3, -0.25) is 0 Å². The minimum atomic E-state index is 0.0387. The van der Waals surface area contributed by atoms with Gasteiger partial charge in [-0.15, -0.1) is 11.3 Å². The molecule has 3 rings (SSSR count). The van der Waals surface area contributed by atoms with Crippen molar-refractivity contribution in [2.45, 2.75) is 58.4 Å². The number of rotatable bonds is 4. The summed E-state index contributed by atoms with van der Waals surface area (Å²) in [5.74, 6) is 0. The Morgan fingerprint density at radius 2 is 1.81 bits per heavy atom. The highest BCUT2D eigenvalue weighted by molar-refractivity contribution is 7.12. The van der Waals surface area contributed by atoms with Crippen LogP contribution in [0, 0.1) is 0 Å². The van der Waals surface area contributed by atoms with Crippen molar-refractivity contribution in [2.75, 3.05) is 0 Å². The number of nitrogens with two attached hydrogens (primary N) is 1. The third-order valence-electron chi connectivity index (χ3n) is 4.67. The number of hydrogen-bond donors (Lipinski definition) is 1. The first-order chi connectivity index (χ1) is 10.2. The van der Waals surface area contributed by atoms with Gasteiger partial charge in [-0.05, 0) is 66.8 Å². The molecule has 0 fully saturated rings. The normalized spacial score (nSPS) is 15.8. The van der Waals surface area contributed by atoms with E-state index in [1.54, 1.807) is 10.4 Å². The summed E-state index contributed by atoms with van der Waals surface area (Å²) in [6, 6.07) is 9.21. The largest absolute Gasteiger partial charge is 0.320 e. The van der Waals surface area contributed by atoms with Crippen LogP contribution in [0.15, 0.2) is 24.3 Å². The Bertz CT molecular complexity index is 603. The maximum Gasteiger partial charge on any atom is 0.0646 e. The molecule has 1 aromatic carbocycles. The number of benzene rings is 1. The SMILES string of the molecule is CCc1ccc(C(N)c2cc3c(s2)CCCC3)cc1CC. The zero-order valence-corrected chi connectivity index (χ0v) is 13.9. The summed E-state index contributed by atoms with van der Waals surface area (Å²) in [6.07, 6.45) is 7.36. The van der Waals surface area contributed by atoms with Gasteiger partial charge in [-0.25, -0.2) is 0 Å². The number of hydrogen-bond acceptors (Lipinski definition) is 2. The van der Waals surface area contributed by atoms with Gasteiger partial charge in [-0.1, -0.05) is 32.0 Å². The van der Waals surface area contributed by atoms with E-state index in [9.17, 15) is 0 Å². The van der Waals surface area contributed by atoms with Crippen LogP contribution in [0.4, 0.5) is 0 Å².